The molecule has 0 aliphatic heterocycles. The Bertz CT molecular complexity index is 2800. The van der Waals surface area contributed by atoms with Gasteiger partial charge in [-0.3, -0.25) is 86.3 Å². The van der Waals surface area contributed by atoms with Crippen LogP contribution in [-0.2, 0) is 162 Å². The van der Waals surface area contributed by atoms with E-state index in [-0.39, 0.29) is 213 Å². The Morgan fingerprint density at radius 3 is 0.393 bits per heavy atom. The Balaban J connectivity index is -0.000000451. The number of esters is 16. The Morgan fingerprint density at radius 2 is 0.282 bits per heavy atom. The van der Waals surface area contributed by atoms with Crippen molar-refractivity contribution in [3.63, 3.8) is 0 Å². The van der Waals surface area contributed by atoms with Crippen molar-refractivity contribution in [2.75, 3.05) is 236 Å². The smallest absolute Gasteiger partial charge is 0.316 e. The average molecular weight is 2010 g/mol. The van der Waals surface area contributed by atoms with Gasteiger partial charge in [-0.15, -0.1) is 0 Å². The van der Waals surface area contributed by atoms with Crippen LogP contribution in [-0.4, -0.2) is 362 Å². The Labute approximate surface area is 769 Å². The van der Waals surface area contributed by atoms with Crippen molar-refractivity contribution in [1.82, 2.24) is 0 Å². The molecule has 0 aliphatic carbocycles. The average Bonchev–Trinajstić information content (AvgIpc) is 0.862. The normalized spacial score (nSPS) is 10.8. The van der Waals surface area contributed by atoms with Crippen molar-refractivity contribution < 1.29 is 183 Å². The van der Waals surface area contributed by atoms with Gasteiger partial charge in [-0.25, -0.2) is 0 Å². The number of carbonyl (C=O) groups is 18. The predicted molar refractivity (Wildman–Crippen MR) is 472 cm³/mol. The number of rotatable bonds is 56. The van der Waals surface area contributed by atoms with E-state index >= 15 is 0 Å². The van der Waals surface area contributed by atoms with Crippen LogP contribution in [0.3, 0.4) is 0 Å². The van der Waals surface area contributed by atoms with E-state index in [9.17, 15) is 96.5 Å². The zero-order valence-corrected chi connectivity index (χ0v) is 78.0. The van der Waals surface area contributed by atoms with Gasteiger partial charge in [0.1, 0.15) is 117 Å². The second-order valence-electron chi connectivity index (χ2n) is 22.6. The van der Waals surface area contributed by atoms with Crippen LogP contribution in [0.15, 0.2) is 0 Å². The van der Waals surface area contributed by atoms with Crippen LogP contribution in [0.4, 0.5) is 0 Å². The zero-order valence-electron chi connectivity index (χ0n) is 62.0. The third-order valence-corrected chi connectivity index (χ3v) is 19.0. The van der Waals surface area contributed by atoms with Crippen LogP contribution in [0.25, 0.3) is 0 Å². The van der Waals surface area contributed by atoms with Gasteiger partial charge in [-0.2, -0.15) is 202 Å². The number of ether oxygens (including phenoxy) is 16. The van der Waals surface area contributed by atoms with Crippen LogP contribution >= 0.6 is 226 Å². The molecule has 0 aliphatic rings. The topological polar surface area (TPSA) is 536 Å². The first kappa shape index (κ1) is 123. The molecule has 0 spiro atoms. The molecule has 38 nitrogen and oxygen atoms in total. The monoisotopic (exact) mass is 2010 g/mol. The van der Waals surface area contributed by atoms with Gasteiger partial charge in [0.05, 0.1) is 146 Å². The summed E-state index contributed by atoms with van der Waals surface area (Å²) in [6.07, 6.45) is 0. The fraction of sp³-hybridized carbons (Fsp3) is 0.705. The van der Waals surface area contributed by atoms with Crippen LogP contribution in [0.5, 0.6) is 0 Å². The van der Waals surface area contributed by atoms with Gasteiger partial charge in [0.25, 0.3) is 0 Å². The fourth-order valence-corrected chi connectivity index (χ4v) is 8.86. The van der Waals surface area contributed by atoms with Crippen LogP contribution in [0.1, 0.15) is 0 Å². The zero-order chi connectivity index (χ0) is 90.5. The molecule has 0 amide bonds. The minimum atomic E-state index is -1.37. The standard InChI is InChI=1S/C15H22O9S5.2C13H20O8S4.C11H18O7S3.C9H16O6S2/c16-10(1-25)21-6-15(7-22-11(17)2-26,8-23-12(18)3-27)9-24-13(19)5-29-14(20)4-28;14-5-13(6-19-9(15)1-22,7-20-10(16)2-23)8-21-11(17)4-25-12(18)3-24;14-9(1-22)18-5-13(6-19-10(15)2-23,7-20-11(16)3-24)8-21-12(17)4-25;12-4-11(5-16-8(13)1-19,6-17-9(14)2-20)7-18-10(15)3-21;10-3-9(4-11,5-14-7(12)1-16)6-15-8(13)2-17/h25-28H,1-9H2;14,22-24H,1-8H2;22-25H,1-8H2;12,19-21H,1-7H2;10-11,16-17H,1-6H2. The molecule has 0 bridgehead atoms. The largest absolute Gasteiger partial charge is 0.464 e. The van der Waals surface area contributed by atoms with Gasteiger partial charge in [0.15, 0.2) is 10.2 Å². The van der Waals surface area contributed by atoms with E-state index < -0.39 is 156 Å². The second kappa shape index (κ2) is 75.5. The molecule has 0 aromatic heterocycles. The summed E-state index contributed by atoms with van der Waals surface area (Å²) >= 11 is 61.7. The summed E-state index contributed by atoms with van der Waals surface area (Å²) in [4.78, 5) is 204. The molecule has 0 unspecified atom stereocenters. The number of aliphatic hydroxyl groups excluding tert-OH is 4. The molecule has 56 heteroatoms. The Kier molecular flexibility index (Phi) is 79.1. The highest BCUT2D eigenvalue weighted by atomic mass is 32.2. The van der Waals surface area contributed by atoms with E-state index in [0.29, 0.717) is 0 Å². The van der Waals surface area contributed by atoms with Crippen molar-refractivity contribution in [3.05, 3.63) is 0 Å². The van der Waals surface area contributed by atoms with Crippen molar-refractivity contribution >= 4 is 331 Å². The first-order chi connectivity index (χ1) is 55.3. The SMILES string of the molecule is O=C(CS)OCC(CO)(CO)COC(=O)CS.O=C(CS)OCC(CO)(COC(=O)CS)COC(=O)CS.O=C(CS)OCC(CO)(COC(=O)CS)COC(=O)CSC(=O)CS.O=C(CS)OCC(COC(=O)CS)(COC(=O)CS)COC(=O)CS.O=C(CS)OCC(COC(=O)CS)(COC(=O)CS)COC(=O)CSC(=O)CS. The number of hydrogen-bond acceptors (Lipinski definition) is 56. The fourth-order valence-electron chi connectivity index (χ4n) is 6.13. The maximum atomic E-state index is 11.9. The molecule has 4 N–H and O–H groups in total. The lowest BCUT2D eigenvalue weighted by Gasteiger charge is -2.31. The minimum absolute atomic E-state index is 0.0160. The summed E-state index contributed by atoms with van der Waals surface area (Å²) in [5, 5.41) is 36.9. The quantitative estimate of drug-likeness (QED) is 0.0177. The summed E-state index contributed by atoms with van der Waals surface area (Å²) in [6, 6.07) is 0. The van der Waals surface area contributed by atoms with Crippen molar-refractivity contribution in [2.24, 2.45) is 27.1 Å². The van der Waals surface area contributed by atoms with Crippen LogP contribution < -0.4 is 0 Å². The molecule has 0 aromatic rings. The van der Waals surface area contributed by atoms with Gasteiger partial charge < -0.3 is 96.2 Å². The highest BCUT2D eigenvalue weighted by molar-refractivity contribution is 8.15. The molecule has 117 heavy (non-hydrogen) atoms. The lowest BCUT2D eigenvalue weighted by molar-refractivity contribution is -0.170. The van der Waals surface area contributed by atoms with E-state index in [4.69, 9.17) is 86.0 Å². The van der Waals surface area contributed by atoms with Crippen molar-refractivity contribution in [3.8, 4) is 0 Å². The maximum Gasteiger partial charge on any atom is 0.316 e. The van der Waals surface area contributed by atoms with Crippen molar-refractivity contribution in [1.29, 1.82) is 0 Å². The molecule has 0 heterocycles. The van der Waals surface area contributed by atoms with E-state index in [1.165, 1.54) is 0 Å². The molecule has 0 atom stereocenters. The third-order valence-electron chi connectivity index (χ3n) is 12.7. The Morgan fingerprint density at radius 1 is 0.171 bits per heavy atom. The predicted octanol–water partition coefficient (Wildman–Crippen LogP) is -2.08. The molecule has 0 saturated heterocycles. The van der Waals surface area contributed by atoms with E-state index in [0.717, 1.165) is 23.5 Å². The number of thiol groups is 16. The summed E-state index contributed by atoms with van der Waals surface area (Å²) in [7, 11) is 0. The summed E-state index contributed by atoms with van der Waals surface area (Å²) in [5.41, 5.74) is -6.42. The molecule has 0 radical (unpaired) electrons. The lowest BCUT2D eigenvalue weighted by Crippen LogP contribution is -2.44. The highest BCUT2D eigenvalue weighted by Crippen LogP contribution is 2.26. The minimum Gasteiger partial charge on any atom is -0.464 e. The molecule has 0 saturated carbocycles. The molecule has 0 aromatic carbocycles. The van der Waals surface area contributed by atoms with Gasteiger partial charge in [0.2, 0.25) is 0 Å². The number of aliphatic hydroxyl groups is 4. The van der Waals surface area contributed by atoms with Gasteiger partial charge in [-0.05, 0) is 0 Å². The molecule has 0 rings (SSSR count). The van der Waals surface area contributed by atoms with Gasteiger partial charge >= 0.3 is 95.5 Å². The lowest BCUT2D eigenvalue weighted by atomic mass is 9.92. The number of carbonyl (C=O) groups excluding carboxylic acids is 18. The summed E-state index contributed by atoms with van der Waals surface area (Å²) in [5.74, 6) is -13.3. The Hall–Kier alpha value is -3.00. The van der Waals surface area contributed by atoms with E-state index in [1.807, 2.05) is 0 Å². The van der Waals surface area contributed by atoms with Crippen LogP contribution in [0.2, 0.25) is 0 Å². The van der Waals surface area contributed by atoms with Gasteiger partial charge in [-0.1, -0.05) is 23.5 Å². The van der Waals surface area contributed by atoms with E-state index in [2.05, 4.69) is 202 Å². The third kappa shape index (κ3) is 64.4. The van der Waals surface area contributed by atoms with Gasteiger partial charge in [0, 0.05) is 0 Å². The maximum absolute atomic E-state index is 11.9. The number of thioether (sulfide) groups is 2. The van der Waals surface area contributed by atoms with E-state index in [1.54, 1.807) is 0 Å². The first-order valence-electron chi connectivity index (χ1n) is 32.3. The molecule has 0 fully saturated rings. The number of hydrogen-bond donors (Lipinski definition) is 20. The first-order valence-corrected chi connectivity index (χ1v) is 44.4. The summed E-state index contributed by atoms with van der Waals surface area (Å²) < 4.78 is 79.3. The molecule has 676 valence electrons. The molecular weight excluding hydrogens is 1920 g/mol. The summed E-state index contributed by atoms with van der Waals surface area (Å²) in [6.45, 7) is -7.40. The van der Waals surface area contributed by atoms with Crippen LogP contribution in [0, 0.1) is 27.1 Å². The highest BCUT2D eigenvalue weighted by Gasteiger charge is 2.41. The van der Waals surface area contributed by atoms with Crippen molar-refractivity contribution in [2.45, 2.75) is 0 Å². The second-order valence-corrected chi connectivity index (χ2v) is 29.7. The molecular formula is C61H96O38S18.